The van der Waals surface area contributed by atoms with E-state index in [1.54, 1.807) is 7.11 Å². The minimum atomic E-state index is -0.271. The Bertz CT molecular complexity index is 844. The number of rotatable bonds is 5. The molecule has 1 atom stereocenters. The first-order valence-electron chi connectivity index (χ1n) is 7.97. The number of methoxy groups -OCH3 is 1. The molecule has 0 radical (unpaired) electrons. The highest BCUT2D eigenvalue weighted by Crippen LogP contribution is 2.12. The third-order valence-corrected chi connectivity index (χ3v) is 4.16. The van der Waals surface area contributed by atoms with Crippen molar-refractivity contribution < 1.29 is 14.1 Å². The third-order valence-electron chi connectivity index (χ3n) is 4.16. The maximum atomic E-state index is 12.4. The van der Waals surface area contributed by atoms with Gasteiger partial charge in [0.1, 0.15) is 5.75 Å². The minimum absolute atomic E-state index is 0.00824. The quantitative estimate of drug-likeness (QED) is 0.734. The van der Waals surface area contributed by atoms with Crippen LogP contribution in [-0.4, -0.2) is 13.0 Å². The molecule has 0 aliphatic carbocycles. The van der Waals surface area contributed by atoms with Crippen molar-refractivity contribution in [2.45, 2.75) is 19.5 Å². The summed E-state index contributed by atoms with van der Waals surface area (Å²) in [6.45, 7) is 2.40. The number of carbonyl (C=O) groups is 1. The van der Waals surface area contributed by atoms with E-state index in [4.69, 9.17) is 4.74 Å². The summed E-state index contributed by atoms with van der Waals surface area (Å²) < 4.78 is 7.07. The largest absolute Gasteiger partial charge is 0.497 e. The Morgan fingerprint density at radius 2 is 1.79 bits per heavy atom. The molecule has 24 heavy (non-hydrogen) atoms. The highest BCUT2D eigenvalue weighted by Gasteiger charge is 2.21. The molecule has 0 spiro atoms. The summed E-state index contributed by atoms with van der Waals surface area (Å²) >= 11 is 0. The highest BCUT2D eigenvalue weighted by molar-refractivity contribution is 5.81. The number of nitrogens with one attached hydrogen (secondary N) is 1. The van der Waals surface area contributed by atoms with Gasteiger partial charge in [0.15, 0.2) is 12.4 Å². The number of amides is 1. The fourth-order valence-corrected chi connectivity index (χ4v) is 2.61. The predicted octanol–water partition coefficient (Wildman–Crippen LogP) is 3.01. The number of hydrogen-bond donors (Lipinski definition) is 1. The molecule has 1 amide bonds. The van der Waals surface area contributed by atoms with Gasteiger partial charge >= 0.3 is 0 Å². The molecule has 0 unspecified atom stereocenters. The summed E-state index contributed by atoms with van der Waals surface area (Å²) in [5.74, 6) is 0.802. The number of ether oxygens (including phenoxy) is 1. The van der Waals surface area contributed by atoms with E-state index in [-0.39, 0.29) is 11.9 Å². The SMILES string of the molecule is COc1ccc(CNC(=O)[C@@H](C)[n+]2ccc3ccccc3c2)cc1. The lowest BCUT2D eigenvalue weighted by Gasteiger charge is -2.10. The lowest BCUT2D eigenvalue weighted by molar-refractivity contribution is -0.704. The van der Waals surface area contributed by atoms with E-state index >= 15 is 0 Å². The van der Waals surface area contributed by atoms with Gasteiger partial charge in [-0.3, -0.25) is 4.79 Å². The Morgan fingerprint density at radius 3 is 2.50 bits per heavy atom. The number of nitrogens with zero attached hydrogens (tertiary/aromatic N) is 1. The zero-order valence-electron chi connectivity index (χ0n) is 13.9. The summed E-state index contributed by atoms with van der Waals surface area (Å²) in [5, 5.41) is 5.27. The van der Waals surface area contributed by atoms with Gasteiger partial charge in [-0.05, 0) is 29.1 Å². The number of benzene rings is 2. The Labute approximate surface area is 141 Å². The highest BCUT2D eigenvalue weighted by atomic mass is 16.5. The standard InChI is InChI=1S/C20H20N2O2/c1-15(22-12-11-17-5-3-4-6-18(17)14-22)20(23)21-13-16-7-9-19(24-2)10-8-16/h3-12,14-15H,13H2,1-2H3/p+1/t15-/m1/s1. The molecule has 1 heterocycles. The van der Waals surface area contributed by atoms with E-state index in [1.165, 1.54) is 5.39 Å². The molecule has 1 N–H and O–H groups in total. The van der Waals surface area contributed by atoms with Crippen molar-refractivity contribution in [3.8, 4) is 5.75 Å². The molecule has 4 nitrogen and oxygen atoms in total. The molecule has 1 aromatic heterocycles. The van der Waals surface area contributed by atoms with E-state index in [0.717, 1.165) is 16.7 Å². The second-order valence-electron chi connectivity index (χ2n) is 5.76. The first kappa shape index (κ1) is 16.0. The molecule has 0 bridgehead atoms. The molecule has 3 aromatic rings. The number of pyridine rings is 1. The van der Waals surface area contributed by atoms with Gasteiger partial charge in [-0.25, -0.2) is 0 Å². The van der Waals surface area contributed by atoms with E-state index < -0.39 is 0 Å². The van der Waals surface area contributed by atoms with Crippen LogP contribution in [-0.2, 0) is 11.3 Å². The Kier molecular flexibility index (Phi) is 4.75. The molecule has 3 rings (SSSR count). The molecule has 0 saturated carbocycles. The maximum absolute atomic E-state index is 12.4. The van der Waals surface area contributed by atoms with Gasteiger partial charge in [-0.2, -0.15) is 4.57 Å². The first-order valence-corrected chi connectivity index (χ1v) is 7.97. The van der Waals surface area contributed by atoms with Crippen molar-refractivity contribution in [3.63, 3.8) is 0 Å². The van der Waals surface area contributed by atoms with Crippen LogP contribution in [0.4, 0.5) is 0 Å². The van der Waals surface area contributed by atoms with Crippen LogP contribution in [0.15, 0.2) is 67.0 Å². The Balaban J connectivity index is 1.66. The number of aromatic nitrogens is 1. The lowest BCUT2D eigenvalue weighted by atomic mass is 10.1. The summed E-state index contributed by atoms with van der Waals surface area (Å²) in [7, 11) is 1.64. The van der Waals surface area contributed by atoms with Crippen molar-refractivity contribution in [1.82, 2.24) is 5.32 Å². The zero-order chi connectivity index (χ0) is 16.9. The van der Waals surface area contributed by atoms with Gasteiger partial charge in [0.05, 0.1) is 7.11 Å². The summed E-state index contributed by atoms with van der Waals surface area (Å²) in [6.07, 6.45) is 3.95. The topological polar surface area (TPSA) is 42.2 Å². The Hall–Kier alpha value is -2.88. The second-order valence-corrected chi connectivity index (χ2v) is 5.76. The smallest absolute Gasteiger partial charge is 0.289 e. The van der Waals surface area contributed by atoms with Gasteiger partial charge in [0.2, 0.25) is 6.04 Å². The van der Waals surface area contributed by atoms with Crippen molar-refractivity contribution in [3.05, 3.63) is 72.6 Å². The molecule has 0 aliphatic heterocycles. The fraction of sp³-hybridized carbons (Fsp3) is 0.200. The average Bonchev–Trinajstić information content (AvgIpc) is 2.65. The molecular formula is C20H21N2O2+. The molecule has 0 saturated heterocycles. The van der Waals surface area contributed by atoms with Crippen LogP contribution >= 0.6 is 0 Å². The van der Waals surface area contributed by atoms with Crippen LogP contribution in [0.1, 0.15) is 18.5 Å². The van der Waals surface area contributed by atoms with Gasteiger partial charge in [0.25, 0.3) is 5.91 Å². The number of fused-ring (bicyclic) bond motifs is 1. The summed E-state index contributed by atoms with van der Waals surface area (Å²) in [4.78, 5) is 12.4. The normalized spacial score (nSPS) is 11.9. The van der Waals surface area contributed by atoms with Gasteiger partial charge < -0.3 is 10.1 Å². The van der Waals surface area contributed by atoms with Gasteiger partial charge in [-0.15, -0.1) is 0 Å². The van der Waals surface area contributed by atoms with Gasteiger partial charge in [-0.1, -0.05) is 30.3 Å². The fourth-order valence-electron chi connectivity index (χ4n) is 2.61. The Morgan fingerprint density at radius 1 is 1.08 bits per heavy atom. The number of carbonyl (C=O) groups excluding carboxylic acids is 1. The third kappa shape index (κ3) is 3.54. The van der Waals surface area contributed by atoms with E-state index in [9.17, 15) is 4.79 Å². The van der Waals surface area contributed by atoms with E-state index in [1.807, 2.05) is 72.4 Å². The van der Waals surface area contributed by atoms with Crippen molar-refractivity contribution in [1.29, 1.82) is 0 Å². The van der Waals surface area contributed by atoms with Crippen LogP contribution in [0.25, 0.3) is 10.8 Å². The predicted molar refractivity (Wildman–Crippen MR) is 93.7 cm³/mol. The molecule has 2 aromatic carbocycles. The van der Waals surface area contributed by atoms with Crippen LogP contribution in [0.5, 0.6) is 5.75 Å². The first-order chi connectivity index (χ1) is 11.7. The van der Waals surface area contributed by atoms with Crippen molar-refractivity contribution in [2.24, 2.45) is 0 Å². The second kappa shape index (κ2) is 7.13. The molecule has 0 aliphatic rings. The maximum Gasteiger partial charge on any atom is 0.289 e. The molecular weight excluding hydrogens is 300 g/mol. The average molecular weight is 321 g/mol. The number of hydrogen-bond acceptors (Lipinski definition) is 2. The van der Waals surface area contributed by atoms with Crippen molar-refractivity contribution >= 4 is 16.7 Å². The van der Waals surface area contributed by atoms with Crippen LogP contribution < -0.4 is 14.6 Å². The zero-order valence-corrected chi connectivity index (χ0v) is 13.9. The summed E-state index contributed by atoms with van der Waals surface area (Å²) in [6, 6.07) is 17.6. The minimum Gasteiger partial charge on any atom is -0.497 e. The lowest BCUT2D eigenvalue weighted by Crippen LogP contribution is -2.46. The molecule has 0 fully saturated rings. The van der Waals surface area contributed by atoms with Crippen LogP contribution in [0.3, 0.4) is 0 Å². The van der Waals surface area contributed by atoms with Crippen molar-refractivity contribution in [2.75, 3.05) is 7.11 Å². The van der Waals surface area contributed by atoms with Crippen LogP contribution in [0, 0.1) is 0 Å². The molecule has 4 heteroatoms. The van der Waals surface area contributed by atoms with Crippen LogP contribution in [0.2, 0.25) is 0 Å². The monoisotopic (exact) mass is 321 g/mol. The summed E-state index contributed by atoms with van der Waals surface area (Å²) in [5.41, 5.74) is 1.04. The van der Waals surface area contributed by atoms with E-state index in [2.05, 4.69) is 11.4 Å². The van der Waals surface area contributed by atoms with E-state index in [0.29, 0.717) is 6.54 Å². The molecule has 122 valence electrons. The van der Waals surface area contributed by atoms with Gasteiger partial charge in [0, 0.05) is 24.9 Å².